The molecule has 0 radical (unpaired) electrons. The Morgan fingerprint density at radius 1 is 1.42 bits per heavy atom. The molecule has 1 atom stereocenters. The number of aromatic nitrogens is 1. The summed E-state index contributed by atoms with van der Waals surface area (Å²) in [5, 5.41) is 14.2. The molecule has 0 spiro atoms. The van der Waals surface area contributed by atoms with Crippen molar-refractivity contribution in [3.05, 3.63) is 33.5 Å². The van der Waals surface area contributed by atoms with Crippen LogP contribution in [0.4, 0.5) is 5.13 Å². The van der Waals surface area contributed by atoms with E-state index in [0.29, 0.717) is 30.9 Å². The maximum Gasteiger partial charge on any atom is 0.248 e. The van der Waals surface area contributed by atoms with E-state index in [0.717, 1.165) is 16.2 Å². The number of nitrogens with one attached hydrogen (secondary N) is 1. The smallest absolute Gasteiger partial charge is 0.248 e. The van der Waals surface area contributed by atoms with Gasteiger partial charge in [-0.2, -0.15) is 0 Å². The van der Waals surface area contributed by atoms with Crippen molar-refractivity contribution in [3.8, 4) is 0 Å². The van der Waals surface area contributed by atoms with E-state index in [1.807, 2.05) is 17.5 Å². The normalized spacial score (nSPS) is 17.2. The number of thiazole rings is 1. The predicted molar refractivity (Wildman–Crippen MR) is 94.3 cm³/mol. The fraction of sp³-hybridized carbons (Fsp3) is 0.438. The Hall–Kier alpha value is -1.77. The van der Waals surface area contributed by atoms with Crippen molar-refractivity contribution in [2.45, 2.75) is 31.7 Å². The lowest BCUT2D eigenvalue weighted by Gasteiger charge is -2.23. The standard InChI is InChI=1S/C16H19N3O3S2/c20-7-5-12-10-17-16(24-12)18-15(22)13-4-1-6-19(13)14(21)9-11-3-2-8-23-11/h2-3,8,10,13,20H,1,4-7,9H2,(H,17,18,22). The van der Waals surface area contributed by atoms with E-state index in [9.17, 15) is 9.59 Å². The second kappa shape index (κ2) is 7.87. The third kappa shape index (κ3) is 4.00. The van der Waals surface area contributed by atoms with Crippen LogP contribution in [0.3, 0.4) is 0 Å². The Labute approximate surface area is 148 Å². The molecule has 1 saturated heterocycles. The number of carbonyl (C=O) groups excluding carboxylic acids is 2. The zero-order valence-corrected chi connectivity index (χ0v) is 14.7. The summed E-state index contributed by atoms with van der Waals surface area (Å²) in [5.41, 5.74) is 0. The summed E-state index contributed by atoms with van der Waals surface area (Å²) in [7, 11) is 0. The molecule has 1 unspecified atom stereocenters. The Morgan fingerprint density at radius 3 is 3.04 bits per heavy atom. The van der Waals surface area contributed by atoms with Crippen LogP contribution in [0, 0.1) is 0 Å². The van der Waals surface area contributed by atoms with Gasteiger partial charge in [0.25, 0.3) is 0 Å². The number of rotatable bonds is 6. The summed E-state index contributed by atoms with van der Waals surface area (Å²) in [4.78, 5) is 32.8. The predicted octanol–water partition coefficient (Wildman–Crippen LogP) is 1.91. The fourth-order valence-electron chi connectivity index (χ4n) is 2.78. The van der Waals surface area contributed by atoms with E-state index < -0.39 is 6.04 Å². The molecule has 1 aliphatic rings. The molecule has 3 heterocycles. The zero-order valence-electron chi connectivity index (χ0n) is 13.1. The topological polar surface area (TPSA) is 82.5 Å². The molecule has 2 amide bonds. The van der Waals surface area contributed by atoms with E-state index in [1.165, 1.54) is 11.3 Å². The van der Waals surface area contributed by atoms with Crippen molar-refractivity contribution < 1.29 is 14.7 Å². The van der Waals surface area contributed by atoms with Crippen molar-refractivity contribution in [2.24, 2.45) is 0 Å². The molecule has 0 aromatic carbocycles. The van der Waals surface area contributed by atoms with Gasteiger partial charge in [-0.05, 0) is 24.3 Å². The largest absolute Gasteiger partial charge is 0.396 e. The van der Waals surface area contributed by atoms with Crippen LogP contribution in [0.15, 0.2) is 23.7 Å². The summed E-state index contributed by atoms with van der Waals surface area (Å²) in [6.45, 7) is 0.680. The molecule has 1 aliphatic heterocycles. The summed E-state index contributed by atoms with van der Waals surface area (Å²) >= 11 is 2.91. The fourth-order valence-corrected chi connectivity index (χ4v) is 4.28. The number of carbonyl (C=O) groups is 2. The molecule has 0 saturated carbocycles. The molecule has 2 aromatic heterocycles. The Morgan fingerprint density at radius 2 is 2.29 bits per heavy atom. The maximum atomic E-state index is 12.5. The van der Waals surface area contributed by atoms with E-state index >= 15 is 0 Å². The first-order valence-electron chi connectivity index (χ1n) is 7.85. The summed E-state index contributed by atoms with van der Waals surface area (Å²) in [6, 6.07) is 3.43. The minimum absolute atomic E-state index is 0.00444. The van der Waals surface area contributed by atoms with Gasteiger partial charge in [-0.3, -0.25) is 9.59 Å². The van der Waals surface area contributed by atoms with Gasteiger partial charge in [0.15, 0.2) is 5.13 Å². The van der Waals surface area contributed by atoms with Crippen molar-refractivity contribution in [3.63, 3.8) is 0 Å². The maximum absolute atomic E-state index is 12.5. The second-order valence-corrected chi connectivity index (χ2v) is 7.74. The molecule has 1 fully saturated rings. The van der Waals surface area contributed by atoms with Gasteiger partial charge >= 0.3 is 0 Å². The average Bonchev–Trinajstić information content (AvgIpc) is 3.28. The Kier molecular flexibility index (Phi) is 5.60. The average molecular weight is 365 g/mol. The van der Waals surface area contributed by atoms with Gasteiger partial charge in [0.1, 0.15) is 6.04 Å². The van der Waals surface area contributed by atoms with Gasteiger partial charge in [-0.15, -0.1) is 22.7 Å². The molecule has 128 valence electrons. The highest BCUT2D eigenvalue weighted by molar-refractivity contribution is 7.15. The lowest BCUT2D eigenvalue weighted by atomic mass is 10.2. The van der Waals surface area contributed by atoms with Gasteiger partial charge in [-0.25, -0.2) is 4.98 Å². The highest BCUT2D eigenvalue weighted by atomic mass is 32.1. The van der Waals surface area contributed by atoms with E-state index in [1.54, 1.807) is 22.4 Å². The summed E-state index contributed by atoms with van der Waals surface area (Å²) in [6.07, 6.45) is 4.05. The number of aliphatic hydroxyl groups excluding tert-OH is 1. The van der Waals surface area contributed by atoms with E-state index in [4.69, 9.17) is 5.11 Å². The van der Waals surface area contributed by atoms with Crippen LogP contribution in [-0.2, 0) is 22.4 Å². The van der Waals surface area contributed by atoms with Crippen molar-refractivity contribution in [2.75, 3.05) is 18.5 Å². The van der Waals surface area contributed by atoms with Crippen LogP contribution in [0.1, 0.15) is 22.6 Å². The molecular formula is C16H19N3O3S2. The SMILES string of the molecule is O=C(Nc1ncc(CCO)s1)C1CCCN1C(=O)Cc1cccs1. The summed E-state index contributed by atoms with van der Waals surface area (Å²) < 4.78 is 0. The number of likely N-dealkylation sites (tertiary alicyclic amines) is 1. The lowest BCUT2D eigenvalue weighted by Crippen LogP contribution is -2.43. The van der Waals surface area contributed by atoms with Crippen LogP contribution in [0.2, 0.25) is 0 Å². The number of thiophene rings is 1. The van der Waals surface area contributed by atoms with E-state index in [2.05, 4.69) is 10.3 Å². The molecule has 6 nitrogen and oxygen atoms in total. The molecule has 8 heteroatoms. The number of anilines is 1. The highest BCUT2D eigenvalue weighted by Gasteiger charge is 2.34. The number of aliphatic hydroxyl groups is 1. The van der Waals surface area contributed by atoms with Crippen LogP contribution in [0.5, 0.6) is 0 Å². The number of hydrogen-bond donors (Lipinski definition) is 2. The quantitative estimate of drug-likeness (QED) is 0.819. The monoisotopic (exact) mass is 365 g/mol. The van der Waals surface area contributed by atoms with Crippen LogP contribution < -0.4 is 5.32 Å². The van der Waals surface area contributed by atoms with Crippen molar-refractivity contribution >= 4 is 39.6 Å². The molecule has 2 N–H and O–H groups in total. The number of nitrogens with zero attached hydrogens (tertiary/aromatic N) is 2. The lowest BCUT2D eigenvalue weighted by molar-refractivity contribution is -0.136. The molecule has 3 rings (SSSR count). The second-order valence-electron chi connectivity index (χ2n) is 5.60. The van der Waals surface area contributed by atoms with Gasteiger partial charge in [0.2, 0.25) is 11.8 Å². The van der Waals surface area contributed by atoms with Crippen LogP contribution in [-0.4, -0.2) is 46.0 Å². The highest BCUT2D eigenvalue weighted by Crippen LogP contribution is 2.23. The van der Waals surface area contributed by atoms with E-state index in [-0.39, 0.29) is 18.4 Å². The molecular weight excluding hydrogens is 346 g/mol. The minimum atomic E-state index is -0.428. The third-order valence-corrected chi connectivity index (χ3v) is 5.77. The van der Waals surface area contributed by atoms with Crippen LogP contribution in [0.25, 0.3) is 0 Å². The first-order valence-corrected chi connectivity index (χ1v) is 9.55. The first-order chi connectivity index (χ1) is 11.7. The van der Waals surface area contributed by atoms with Crippen molar-refractivity contribution in [1.29, 1.82) is 0 Å². The summed E-state index contributed by atoms with van der Waals surface area (Å²) in [5.74, 6) is -0.188. The van der Waals surface area contributed by atoms with Gasteiger partial charge in [0, 0.05) is 35.5 Å². The first kappa shape index (κ1) is 17.1. The molecule has 2 aromatic rings. The molecule has 24 heavy (non-hydrogen) atoms. The number of amides is 2. The minimum Gasteiger partial charge on any atom is -0.396 e. The third-order valence-electron chi connectivity index (χ3n) is 3.92. The molecule has 0 aliphatic carbocycles. The van der Waals surface area contributed by atoms with Crippen molar-refractivity contribution in [1.82, 2.24) is 9.88 Å². The van der Waals surface area contributed by atoms with Gasteiger partial charge < -0.3 is 15.3 Å². The Balaban J connectivity index is 1.61. The zero-order chi connectivity index (χ0) is 16.9. The number of hydrogen-bond acceptors (Lipinski definition) is 6. The Bertz CT molecular complexity index is 699. The molecule has 0 bridgehead atoms. The van der Waals surface area contributed by atoms with Gasteiger partial charge in [-0.1, -0.05) is 6.07 Å². The van der Waals surface area contributed by atoms with Crippen LogP contribution >= 0.6 is 22.7 Å². The van der Waals surface area contributed by atoms with Gasteiger partial charge in [0.05, 0.1) is 6.42 Å².